The third-order valence-corrected chi connectivity index (χ3v) is 6.51. The van der Waals surface area contributed by atoms with Crippen LogP contribution in [0.4, 0.5) is 0 Å². The molecule has 0 aromatic rings. The molecule has 0 aromatic heterocycles. The number of rotatable bonds is 2. The van der Waals surface area contributed by atoms with Crippen molar-refractivity contribution in [3.8, 4) is 0 Å². The van der Waals surface area contributed by atoms with Crippen LogP contribution in [-0.2, 0) is 0 Å². The molecule has 1 N–H and O–H groups in total. The second-order valence-corrected chi connectivity index (χ2v) is 7.99. The summed E-state index contributed by atoms with van der Waals surface area (Å²) < 4.78 is 0. The Morgan fingerprint density at radius 2 is 1.89 bits per heavy atom. The predicted molar refractivity (Wildman–Crippen MR) is 84.8 cm³/mol. The van der Waals surface area contributed by atoms with Crippen molar-refractivity contribution in [1.82, 2.24) is 5.32 Å². The standard InChI is InChI=1S/C16H28N2S/c1-13-7-9-16(10-8-13)12-19-15(18-16)17-11-14-5-3-2-4-6-14/h13-14H,2-12H2,1H3,(H,17,18). The minimum atomic E-state index is 0.405. The van der Waals surface area contributed by atoms with Crippen LogP contribution in [0.25, 0.3) is 0 Å². The Hall–Kier alpha value is -0.180. The smallest absolute Gasteiger partial charge is 0.157 e. The number of nitrogens with zero attached hydrogens (tertiary/aromatic N) is 1. The number of amidine groups is 1. The van der Waals surface area contributed by atoms with Gasteiger partial charge in [-0.15, -0.1) is 0 Å². The van der Waals surface area contributed by atoms with E-state index in [9.17, 15) is 0 Å². The normalized spacial score (nSPS) is 38.8. The molecule has 3 rings (SSSR count). The Balaban J connectivity index is 1.50. The molecule has 0 atom stereocenters. The van der Waals surface area contributed by atoms with Crippen molar-refractivity contribution in [2.75, 3.05) is 12.3 Å². The van der Waals surface area contributed by atoms with Gasteiger partial charge < -0.3 is 5.32 Å². The third-order valence-electron chi connectivity index (χ3n) is 5.31. The zero-order valence-corrected chi connectivity index (χ0v) is 13.1. The quantitative estimate of drug-likeness (QED) is 0.819. The van der Waals surface area contributed by atoms with Crippen molar-refractivity contribution in [3.63, 3.8) is 0 Å². The molecule has 108 valence electrons. The first-order chi connectivity index (χ1) is 9.26. The van der Waals surface area contributed by atoms with E-state index in [1.54, 1.807) is 0 Å². The lowest BCUT2D eigenvalue weighted by molar-refractivity contribution is 0.250. The maximum atomic E-state index is 4.88. The van der Waals surface area contributed by atoms with Gasteiger partial charge in [0.1, 0.15) is 0 Å². The Labute approximate surface area is 122 Å². The van der Waals surface area contributed by atoms with Crippen molar-refractivity contribution in [3.05, 3.63) is 0 Å². The van der Waals surface area contributed by atoms with E-state index >= 15 is 0 Å². The molecule has 0 amide bonds. The highest BCUT2D eigenvalue weighted by Gasteiger charge is 2.39. The lowest BCUT2D eigenvalue weighted by atomic mass is 9.78. The van der Waals surface area contributed by atoms with E-state index in [2.05, 4.69) is 12.2 Å². The van der Waals surface area contributed by atoms with Crippen LogP contribution in [0.1, 0.15) is 64.7 Å². The fourth-order valence-electron chi connectivity index (χ4n) is 3.76. The largest absolute Gasteiger partial charge is 0.359 e. The molecule has 0 aromatic carbocycles. The molecule has 1 saturated heterocycles. The molecule has 1 aliphatic heterocycles. The highest BCUT2D eigenvalue weighted by Crippen LogP contribution is 2.38. The average molecular weight is 280 g/mol. The molecular weight excluding hydrogens is 252 g/mol. The van der Waals surface area contributed by atoms with Gasteiger partial charge in [0, 0.05) is 17.8 Å². The zero-order valence-electron chi connectivity index (χ0n) is 12.3. The van der Waals surface area contributed by atoms with E-state index in [-0.39, 0.29) is 0 Å². The zero-order chi connectivity index (χ0) is 13.1. The van der Waals surface area contributed by atoms with E-state index in [0.717, 1.165) is 18.4 Å². The van der Waals surface area contributed by atoms with Gasteiger partial charge >= 0.3 is 0 Å². The van der Waals surface area contributed by atoms with Crippen LogP contribution in [0.15, 0.2) is 4.99 Å². The molecule has 1 spiro atoms. The summed E-state index contributed by atoms with van der Waals surface area (Å²) >= 11 is 1.98. The van der Waals surface area contributed by atoms with E-state index in [1.807, 2.05) is 11.8 Å². The molecule has 2 saturated carbocycles. The highest BCUT2D eigenvalue weighted by molar-refractivity contribution is 8.14. The Morgan fingerprint density at radius 3 is 2.63 bits per heavy atom. The molecule has 19 heavy (non-hydrogen) atoms. The Bertz CT molecular complexity index is 326. The molecule has 0 radical (unpaired) electrons. The summed E-state index contributed by atoms with van der Waals surface area (Å²) in [7, 11) is 0. The maximum absolute atomic E-state index is 4.88. The molecule has 3 aliphatic rings. The van der Waals surface area contributed by atoms with E-state index in [4.69, 9.17) is 4.99 Å². The van der Waals surface area contributed by atoms with Crippen LogP contribution in [0.2, 0.25) is 0 Å². The van der Waals surface area contributed by atoms with Gasteiger partial charge in [-0.1, -0.05) is 37.9 Å². The lowest BCUT2D eigenvalue weighted by Gasteiger charge is -2.35. The number of aliphatic imine (C=N–C) groups is 1. The minimum Gasteiger partial charge on any atom is -0.359 e. The van der Waals surface area contributed by atoms with Crippen LogP contribution in [-0.4, -0.2) is 23.0 Å². The second kappa shape index (κ2) is 6.07. The average Bonchev–Trinajstić information content (AvgIpc) is 2.85. The van der Waals surface area contributed by atoms with Crippen LogP contribution in [0, 0.1) is 11.8 Å². The van der Waals surface area contributed by atoms with Gasteiger partial charge in [-0.3, -0.25) is 4.99 Å². The first kappa shape index (κ1) is 13.8. The predicted octanol–water partition coefficient (Wildman–Crippen LogP) is 4.21. The van der Waals surface area contributed by atoms with Gasteiger partial charge in [-0.2, -0.15) is 0 Å². The topological polar surface area (TPSA) is 24.4 Å². The summed E-state index contributed by atoms with van der Waals surface area (Å²) in [4.78, 5) is 4.88. The molecule has 2 nitrogen and oxygen atoms in total. The van der Waals surface area contributed by atoms with Gasteiger partial charge in [-0.25, -0.2) is 0 Å². The number of hydrogen-bond donors (Lipinski definition) is 1. The van der Waals surface area contributed by atoms with Gasteiger partial charge in [0.25, 0.3) is 0 Å². The van der Waals surface area contributed by atoms with Crippen LogP contribution in [0.3, 0.4) is 0 Å². The van der Waals surface area contributed by atoms with E-state index < -0.39 is 0 Å². The first-order valence-corrected chi connectivity index (χ1v) is 9.20. The lowest BCUT2D eigenvalue weighted by Crippen LogP contribution is -2.46. The molecule has 0 bridgehead atoms. The summed E-state index contributed by atoms with van der Waals surface area (Å²) in [6.45, 7) is 3.47. The van der Waals surface area contributed by atoms with Crippen molar-refractivity contribution < 1.29 is 0 Å². The molecule has 2 aliphatic carbocycles. The van der Waals surface area contributed by atoms with Crippen molar-refractivity contribution in [2.45, 2.75) is 70.3 Å². The van der Waals surface area contributed by atoms with Crippen molar-refractivity contribution >= 4 is 16.9 Å². The molecular formula is C16H28N2S. The van der Waals surface area contributed by atoms with Crippen LogP contribution < -0.4 is 5.32 Å². The number of nitrogens with one attached hydrogen (secondary N) is 1. The van der Waals surface area contributed by atoms with E-state index in [0.29, 0.717) is 5.54 Å². The third kappa shape index (κ3) is 3.48. The molecule has 0 unspecified atom stereocenters. The summed E-state index contributed by atoms with van der Waals surface area (Å²) in [6.07, 6.45) is 12.6. The summed E-state index contributed by atoms with van der Waals surface area (Å²) in [5.41, 5.74) is 0.405. The number of thioether (sulfide) groups is 1. The molecule has 3 fully saturated rings. The SMILES string of the molecule is CC1CCC2(CC1)CSC(=NCC1CCCCC1)N2. The fourth-order valence-corrected chi connectivity index (χ4v) is 4.98. The maximum Gasteiger partial charge on any atom is 0.157 e. The van der Waals surface area contributed by atoms with Crippen LogP contribution in [0.5, 0.6) is 0 Å². The monoisotopic (exact) mass is 280 g/mol. The molecule has 3 heteroatoms. The summed E-state index contributed by atoms with van der Waals surface area (Å²) in [5, 5.41) is 5.03. The fraction of sp³-hybridized carbons (Fsp3) is 0.938. The Morgan fingerprint density at radius 1 is 1.16 bits per heavy atom. The Kier molecular flexibility index (Phi) is 4.40. The molecule has 1 heterocycles. The van der Waals surface area contributed by atoms with Crippen LogP contribution >= 0.6 is 11.8 Å². The first-order valence-electron chi connectivity index (χ1n) is 8.21. The van der Waals surface area contributed by atoms with Gasteiger partial charge in [0.2, 0.25) is 0 Å². The minimum absolute atomic E-state index is 0.405. The van der Waals surface area contributed by atoms with Crippen molar-refractivity contribution in [2.24, 2.45) is 16.8 Å². The second-order valence-electron chi connectivity index (χ2n) is 7.03. The highest BCUT2D eigenvalue weighted by atomic mass is 32.2. The van der Waals surface area contributed by atoms with Gasteiger partial charge in [-0.05, 0) is 50.4 Å². The van der Waals surface area contributed by atoms with Crippen molar-refractivity contribution in [1.29, 1.82) is 0 Å². The summed E-state index contributed by atoms with van der Waals surface area (Å²) in [5.74, 6) is 3.05. The number of hydrogen-bond acceptors (Lipinski definition) is 2. The summed E-state index contributed by atoms with van der Waals surface area (Å²) in [6, 6.07) is 0. The van der Waals surface area contributed by atoms with Gasteiger partial charge in [0.05, 0.1) is 0 Å². The van der Waals surface area contributed by atoms with Gasteiger partial charge in [0.15, 0.2) is 5.17 Å². The van der Waals surface area contributed by atoms with E-state index in [1.165, 1.54) is 68.7 Å².